The Morgan fingerprint density at radius 2 is 1.94 bits per heavy atom. The second kappa shape index (κ2) is 4.26. The highest BCUT2D eigenvalue weighted by Crippen LogP contribution is 2.28. The second-order valence-electron chi connectivity index (χ2n) is 4.14. The Bertz CT molecular complexity index is 465. The third kappa shape index (κ3) is 1.95. The molecule has 0 aliphatic carbocycles. The molecule has 2 aromatic rings. The molecule has 1 aromatic heterocycles. The molecule has 0 unspecified atom stereocenters. The van der Waals surface area contributed by atoms with E-state index in [9.17, 15) is 0 Å². The van der Waals surface area contributed by atoms with E-state index in [-0.39, 0.29) is 11.3 Å². The lowest BCUT2D eigenvalue weighted by Gasteiger charge is -2.20. The number of halogens is 1. The maximum atomic E-state index is 5.64. The summed E-state index contributed by atoms with van der Waals surface area (Å²) in [4.78, 5) is 4.27. The van der Waals surface area contributed by atoms with Gasteiger partial charge in [-0.1, -0.05) is 35.5 Å². The minimum atomic E-state index is -0.269. The molecule has 16 heavy (non-hydrogen) atoms. The van der Waals surface area contributed by atoms with E-state index in [1.165, 1.54) is 0 Å². The topological polar surface area (TPSA) is 38.9 Å². The zero-order valence-electron chi connectivity index (χ0n) is 9.27. The first-order valence-electron chi connectivity index (χ1n) is 5.09. The van der Waals surface area contributed by atoms with Crippen molar-refractivity contribution in [3.05, 3.63) is 47.6 Å². The van der Waals surface area contributed by atoms with Crippen LogP contribution in [0.15, 0.2) is 34.9 Å². The lowest BCUT2D eigenvalue weighted by molar-refractivity contribution is 0.375. The van der Waals surface area contributed by atoms with Crippen molar-refractivity contribution >= 4 is 11.6 Å². The van der Waals surface area contributed by atoms with Gasteiger partial charge >= 0.3 is 0 Å². The third-order valence-electron chi connectivity index (χ3n) is 2.64. The standard InChI is InChI=1S/C12H13ClN2O/c1-12(2,9-6-4-3-5-7-9)11-14-10(8-13)16-15-11/h3-7H,8H2,1-2H3. The summed E-state index contributed by atoms with van der Waals surface area (Å²) < 4.78 is 5.03. The van der Waals surface area contributed by atoms with Crippen LogP contribution < -0.4 is 0 Å². The fraction of sp³-hybridized carbons (Fsp3) is 0.333. The Morgan fingerprint density at radius 1 is 1.25 bits per heavy atom. The van der Waals surface area contributed by atoms with Gasteiger partial charge in [0.2, 0.25) is 5.89 Å². The van der Waals surface area contributed by atoms with Crippen LogP contribution in [0, 0.1) is 0 Å². The Morgan fingerprint density at radius 3 is 2.50 bits per heavy atom. The van der Waals surface area contributed by atoms with E-state index in [1.54, 1.807) is 0 Å². The molecular weight excluding hydrogens is 224 g/mol. The summed E-state index contributed by atoms with van der Waals surface area (Å²) >= 11 is 5.64. The predicted molar refractivity (Wildman–Crippen MR) is 62.4 cm³/mol. The van der Waals surface area contributed by atoms with Crippen LogP contribution in [0.1, 0.15) is 31.1 Å². The Kier molecular flexibility index (Phi) is 2.97. The highest BCUT2D eigenvalue weighted by molar-refractivity contribution is 6.16. The summed E-state index contributed by atoms with van der Waals surface area (Å²) in [6, 6.07) is 10.1. The van der Waals surface area contributed by atoms with Crippen LogP contribution in [0.3, 0.4) is 0 Å². The van der Waals surface area contributed by atoms with Crippen molar-refractivity contribution in [3.63, 3.8) is 0 Å². The summed E-state index contributed by atoms with van der Waals surface area (Å²) in [5, 5.41) is 3.96. The molecule has 0 atom stereocenters. The van der Waals surface area contributed by atoms with Crippen molar-refractivity contribution in [1.29, 1.82) is 0 Å². The molecule has 3 nitrogen and oxygen atoms in total. The zero-order valence-corrected chi connectivity index (χ0v) is 10.0. The lowest BCUT2D eigenvalue weighted by atomic mass is 9.84. The van der Waals surface area contributed by atoms with Gasteiger partial charge in [0.25, 0.3) is 0 Å². The zero-order chi connectivity index (χ0) is 11.6. The number of hydrogen-bond acceptors (Lipinski definition) is 3. The summed E-state index contributed by atoms with van der Waals surface area (Å²) in [6.07, 6.45) is 0. The van der Waals surface area contributed by atoms with E-state index in [2.05, 4.69) is 36.1 Å². The monoisotopic (exact) mass is 236 g/mol. The molecule has 84 valence electrons. The van der Waals surface area contributed by atoms with Gasteiger partial charge in [-0.2, -0.15) is 4.98 Å². The maximum absolute atomic E-state index is 5.64. The highest BCUT2D eigenvalue weighted by Gasteiger charge is 2.28. The van der Waals surface area contributed by atoms with Crippen LogP contribution in [0.25, 0.3) is 0 Å². The van der Waals surface area contributed by atoms with E-state index in [4.69, 9.17) is 16.1 Å². The number of nitrogens with zero attached hydrogens (tertiary/aromatic N) is 2. The number of benzene rings is 1. The van der Waals surface area contributed by atoms with Gasteiger partial charge < -0.3 is 4.52 Å². The molecule has 0 spiro atoms. The Labute approximate surface area is 99.4 Å². The molecular formula is C12H13ClN2O. The molecule has 0 amide bonds. The second-order valence-corrected chi connectivity index (χ2v) is 4.40. The molecule has 1 aromatic carbocycles. The molecule has 0 radical (unpaired) electrons. The van der Waals surface area contributed by atoms with Crippen LogP contribution in [0.2, 0.25) is 0 Å². The number of rotatable bonds is 3. The minimum absolute atomic E-state index is 0.248. The predicted octanol–water partition coefficient (Wildman–Crippen LogP) is 3.13. The van der Waals surface area contributed by atoms with Crippen LogP contribution in [0.4, 0.5) is 0 Å². The van der Waals surface area contributed by atoms with Gasteiger partial charge in [0.1, 0.15) is 5.88 Å². The summed E-state index contributed by atoms with van der Waals surface area (Å²) in [5.74, 6) is 1.37. The van der Waals surface area contributed by atoms with Crippen LogP contribution >= 0.6 is 11.6 Å². The van der Waals surface area contributed by atoms with E-state index < -0.39 is 0 Å². The van der Waals surface area contributed by atoms with Gasteiger partial charge in [-0.3, -0.25) is 0 Å². The first-order valence-corrected chi connectivity index (χ1v) is 5.62. The SMILES string of the molecule is CC(C)(c1ccccc1)c1noc(CCl)n1. The van der Waals surface area contributed by atoms with Crippen molar-refractivity contribution < 1.29 is 4.52 Å². The molecule has 0 N–H and O–H groups in total. The first-order chi connectivity index (χ1) is 7.64. The molecule has 0 aliphatic heterocycles. The minimum Gasteiger partial charge on any atom is -0.338 e. The van der Waals surface area contributed by atoms with Crippen molar-refractivity contribution in [2.24, 2.45) is 0 Å². The lowest BCUT2D eigenvalue weighted by Crippen LogP contribution is -2.20. The van der Waals surface area contributed by atoms with Gasteiger partial charge in [0.05, 0.1) is 5.41 Å². The third-order valence-corrected chi connectivity index (χ3v) is 2.87. The molecule has 0 saturated heterocycles. The number of hydrogen-bond donors (Lipinski definition) is 0. The van der Waals surface area contributed by atoms with E-state index >= 15 is 0 Å². The van der Waals surface area contributed by atoms with E-state index in [1.807, 2.05) is 18.2 Å². The number of aromatic nitrogens is 2. The van der Waals surface area contributed by atoms with Gasteiger partial charge in [-0.15, -0.1) is 11.6 Å². The quantitative estimate of drug-likeness (QED) is 0.769. The average Bonchev–Trinajstić information content (AvgIpc) is 2.79. The van der Waals surface area contributed by atoms with Gasteiger partial charge in [-0.05, 0) is 19.4 Å². The molecule has 0 aliphatic rings. The molecule has 4 heteroatoms. The normalized spacial score (nSPS) is 11.7. The van der Waals surface area contributed by atoms with Gasteiger partial charge in [-0.25, -0.2) is 0 Å². The van der Waals surface area contributed by atoms with E-state index in [0.717, 1.165) is 5.56 Å². The Balaban J connectivity index is 2.38. The average molecular weight is 237 g/mol. The fourth-order valence-corrected chi connectivity index (χ4v) is 1.66. The van der Waals surface area contributed by atoms with Gasteiger partial charge in [0, 0.05) is 0 Å². The number of alkyl halides is 1. The van der Waals surface area contributed by atoms with Gasteiger partial charge in [0.15, 0.2) is 5.82 Å². The van der Waals surface area contributed by atoms with Crippen molar-refractivity contribution in [3.8, 4) is 0 Å². The molecule has 1 heterocycles. The highest BCUT2D eigenvalue weighted by atomic mass is 35.5. The van der Waals surface area contributed by atoms with Crippen molar-refractivity contribution in [2.75, 3.05) is 0 Å². The van der Waals surface area contributed by atoms with Crippen LogP contribution in [-0.2, 0) is 11.3 Å². The Hall–Kier alpha value is -1.35. The maximum Gasteiger partial charge on any atom is 0.241 e. The van der Waals surface area contributed by atoms with Crippen molar-refractivity contribution in [1.82, 2.24) is 10.1 Å². The molecule has 2 rings (SSSR count). The summed E-state index contributed by atoms with van der Waals surface area (Å²) in [6.45, 7) is 4.12. The largest absolute Gasteiger partial charge is 0.338 e. The fourth-order valence-electron chi connectivity index (χ4n) is 1.55. The molecule has 0 saturated carbocycles. The van der Waals surface area contributed by atoms with E-state index in [0.29, 0.717) is 11.7 Å². The summed E-state index contributed by atoms with van der Waals surface area (Å²) in [7, 11) is 0. The first kappa shape index (κ1) is 11.1. The van der Waals surface area contributed by atoms with Crippen LogP contribution in [-0.4, -0.2) is 10.1 Å². The molecule has 0 fully saturated rings. The molecule has 0 bridgehead atoms. The van der Waals surface area contributed by atoms with Crippen LogP contribution in [0.5, 0.6) is 0 Å². The summed E-state index contributed by atoms with van der Waals surface area (Å²) in [5.41, 5.74) is 0.881. The smallest absolute Gasteiger partial charge is 0.241 e. The van der Waals surface area contributed by atoms with Crippen molar-refractivity contribution in [2.45, 2.75) is 25.1 Å².